The summed E-state index contributed by atoms with van der Waals surface area (Å²) in [6, 6.07) is 0. The van der Waals surface area contributed by atoms with E-state index in [4.69, 9.17) is 4.74 Å². The molecule has 0 rings (SSSR count). The van der Waals surface area contributed by atoms with Crippen molar-refractivity contribution in [2.45, 2.75) is 216 Å². The molecule has 0 saturated heterocycles. The van der Waals surface area contributed by atoms with Crippen molar-refractivity contribution in [1.29, 1.82) is 0 Å². The topological polar surface area (TPSA) is 43.4 Å². The molecular formula is C36H68Br2O3. The second-order valence-corrected chi connectivity index (χ2v) is 14.8. The Balaban J connectivity index is 3.44. The second-order valence-electron chi connectivity index (χ2n) is 12.4. The molecule has 0 spiro atoms. The zero-order valence-electron chi connectivity index (χ0n) is 27.3. The average molecular weight is 709 g/mol. The van der Waals surface area contributed by atoms with Gasteiger partial charge in [-0.1, -0.05) is 200 Å². The van der Waals surface area contributed by atoms with E-state index in [0.717, 1.165) is 32.1 Å². The third-order valence-electron chi connectivity index (χ3n) is 8.30. The van der Waals surface area contributed by atoms with Gasteiger partial charge >= 0.3 is 11.9 Å². The van der Waals surface area contributed by atoms with E-state index in [9.17, 15) is 9.59 Å². The van der Waals surface area contributed by atoms with Gasteiger partial charge in [-0.2, -0.15) is 0 Å². The molecule has 0 radical (unpaired) electrons. The summed E-state index contributed by atoms with van der Waals surface area (Å²) in [6.45, 7) is 4.54. The van der Waals surface area contributed by atoms with E-state index in [1.807, 2.05) is 0 Å². The zero-order valence-corrected chi connectivity index (χ0v) is 30.5. The molecular weight excluding hydrogens is 640 g/mol. The first-order valence-electron chi connectivity index (χ1n) is 18.0. The molecule has 3 nitrogen and oxygen atoms in total. The Hall–Kier alpha value is 0.1000. The molecule has 0 aromatic carbocycles. The van der Waals surface area contributed by atoms with Gasteiger partial charge in [0.1, 0.15) is 0 Å². The first-order chi connectivity index (χ1) is 20.0. The van der Waals surface area contributed by atoms with Gasteiger partial charge in [0.05, 0.1) is 0 Å². The van der Waals surface area contributed by atoms with Crippen LogP contribution in [0.3, 0.4) is 0 Å². The zero-order chi connectivity index (χ0) is 30.2. The molecule has 0 amide bonds. The van der Waals surface area contributed by atoms with Crippen LogP contribution in [-0.2, 0) is 14.3 Å². The summed E-state index contributed by atoms with van der Waals surface area (Å²) in [5, 5.41) is 0. The normalized spacial score (nSPS) is 12.9. The maximum Gasteiger partial charge on any atom is 0.313 e. The van der Waals surface area contributed by atoms with E-state index in [0.29, 0.717) is 22.5 Å². The van der Waals surface area contributed by atoms with Gasteiger partial charge < -0.3 is 4.74 Å². The lowest BCUT2D eigenvalue weighted by atomic mass is 10.0. The van der Waals surface area contributed by atoms with Crippen LogP contribution in [0.5, 0.6) is 0 Å². The number of hydrogen-bond acceptors (Lipinski definition) is 3. The molecule has 0 saturated carbocycles. The van der Waals surface area contributed by atoms with E-state index >= 15 is 0 Å². The van der Waals surface area contributed by atoms with Crippen LogP contribution in [-0.4, -0.2) is 21.6 Å². The number of hydrogen-bond donors (Lipinski definition) is 0. The van der Waals surface area contributed by atoms with Crippen molar-refractivity contribution in [3.63, 3.8) is 0 Å². The van der Waals surface area contributed by atoms with Gasteiger partial charge in [0, 0.05) is 22.5 Å². The fourth-order valence-electron chi connectivity index (χ4n) is 5.49. The van der Waals surface area contributed by atoms with E-state index in [1.54, 1.807) is 0 Å². The van der Waals surface area contributed by atoms with Crippen LogP contribution < -0.4 is 0 Å². The molecule has 0 aliphatic heterocycles. The van der Waals surface area contributed by atoms with Crippen molar-refractivity contribution in [3.8, 4) is 0 Å². The largest absolute Gasteiger partial charge is 0.393 e. The van der Waals surface area contributed by atoms with Crippen molar-refractivity contribution in [1.82, 2.24) is 0 Å². The van der Waals surface area contributed by atoms with Gasteiger partial charge in [-0.15, -0.1) is 0 Å². The highest BCUT2D eigenvalue weighted by Gasteiger charge is 2.15. The summed E-state index contributed by atoms with van der Waals surface area (Å²) in [5.74, 6) is -0.674. The van der Waals surface area contributed by atoms with Crippen LogP contribution in [0.15, 0.2) is 0 Å². The van der Waals surface area contributed by atoms with Gasteiger partial charge in [-0.25, -0.2) is 0 Å². The Morgan fingerprint density at radius 2 is 0.659 bits per heavy atom. The van der Waals surface area contributed by atoms with E-state index in [2.05, 4.69) is 45.7 Å². The average Bonchev–Trinajstić information content (AvgIpc) is 2.96. The molecule has 0 N–H and O–H groups in total. The van der Waals surface area contributed by atoms with Crippen molar-refractivity contribution in [2.75, 3.05) is 0 Å². The Morgan fingerprint density at radius 3 is 0.951 bits per heavy atom. The summed E-state index contributed by atoms with van der Waals surface area (Å²) in [5.41, 5.74) is 0. The summed E-state index contributed by atoms with van der Waals surface area (Å²) in [7, 11) is 0. The number of ether oxygens (including phenoxy) is 1. The maximum absolute atomic E-state index is 12.0. The third kappa shape index (κ3) is 31.3. The molecule has 0 heterocycles. The summed E-state index contributed by atoms with van der Waals surface area (Å²) in [4.78, 5) is 25.0. The van der Waals surface area contributed by atoms with Crippen molar-refractivity contribution in [2.24, 2.45) is 0 Å². The van der Waals surface area contributed by atoms with Gasteiger partial charge in [-0.05, 0) is 25.7 Å². The van der Waals surface area contributed by atoms with Crippen LogP contribution in [0.4, 0.5) is 0 Å². The molecule has 0 aromatic heterocycles. The Morgan fingerprint density at radius 1 is 0.415 bits per heavy atom. The number of rotatable bonds is 32. The van der Waals surface area contributed by atoms with Crippen LogP contribution in [0, 0.1) is 0 Å². The lowest BCUT2D eigenvalue weighted by molar-refractivity contribution is -0.159. The predicted molar refractivity (Wildman–Crippen MR) is 186 cm³/mol. The highest BCUT2D eigenvalue weighted by Crippen LogP contribution is 2.25. The van der Waals surface area contributed by atoms with Crippen molar-refractivity contribution in [3.05, 3.63) is 0 Å². The van der Waals surface area contributed by atoms with Gasteiger partial charge in [0.2, 0.25) is 0 Å². The van der Waals surface area contributed by atoms with Crippen molar-refractivity contribution < 1.29 is 14.3 Å². The number of esters is 2. The Bertz CT molecular complexity index is 569. The standard InChI is InChI=1S/C36H68Br2O3/c1-3-5-7-9-11-12-13-14-15-16-17-18-19-23-27-31-35(39)41-36(40)32-28-24-20-22-26-30-34(38)33(37)29-25-21-10-8-6-4-2/h33-34H,3-32H2,1-2H3. The highest BCUT2D eigenvalue weighted by molar-refractivity contribution is 9.12. The molecule has 5 heteroatoms. The van der Waals surface area contributed by atoms with Crippen molar-refractivity contribution >= 4 is 43.8 Å². The highest BCUT2D eigenvalue weighted by atomic mass is 79.9. The molecule has 0 aliphatic carbocycles. The minimum atomic E-state index is -0.340. The fraction of sp³-hybridized carbons (Fsp3) is 0.944. The van der Waals surface area contributed by atoms with Crippen LogP contribution in [0.25, 0.3) is 0 Å². The Kier molecular flexibility index (Phi) is 33.1. The molecule has 0 bridgehead atoms. The number of unbranched alkanes of at least 4 members (excludes halogenated alkanes) is 23. The molecule has 2 atom stereocenters. The fourth-order valence-corrected chi connectivity index (χ4v) is 6.67. The van der Waals surface area contributed by atoms with E-state index < -0.39 is 0 Å². The summed E-state index contributed by atoms with van der Waals surface area (Å²) >= 11 is 7.75. The number of alkyl halides is 2. The van der Waals surface area contributed by atoms with Crippen LogP contribution >= 0.6 is 31.9 Å². The Labute approximate surface area is 273 Å². The minimum absolute atomic E-state index is 0.335. The maximum atomic E-state index is 12.0. The molecule has 244 valence electrons. The lowest BCUT2D eigenvalue weighted by Crippen LogP contribution is -2.13. The predicted octanol–water partition coefficient (Wildman–Crippen LogP) is 13.3. The number of carbonyl (C=O) groups excluding carboxylic acids is 2. The van der Waals surface area contributed by atoms with Gasteiger partial charge in [0.25, 0.3) is 0 Å². The number of halogens is 2. The van der Waals surface area contributed by atoms with Gasteiger partial charge in [0.15, 0.2) is 0 Å². The first-order valence-corrected chi connectivity index (χ1v) is 19.9. The lowest BCUT2D eigenvalue weighted by Gasteiger charge is -2.16. The SMILES string of the molecule is CCCCCCCCCCCCCCCCCC(=O)OC(=O)CCCCCCCC(Br)C(Br)CCCCCCCC. The molecule has 0 aliphatic rings. The molecule has 0 aromatic rings. The van der Waals surface area contributed by atoms with Gasteiger partial charge in [-0.3, -0.25) is 9.59 Å². The first kappa shape index (κ1) is 41.1. The molecule has 2 unspecified atom stereocenters. The van der Waals surface area contributed by atoms with Crippen LogP contribution in [0.1, 0.15) is 206 Å². The quantitative estimate of drug-likeness (QED) is 0.0302. The third-order valence-corrected chi connectivity index (χ3v) is 11.2. The van der Waals surface area contributed by atoms with E-state index in [-0.39, 0.29) is 11.9 Å². The van der Waals surface area contributed by atoms with E-state index in [1.165, 1.54) is 148 Å². The summed E-state index contributed by atoms with van der Waals surface area (Å²) < 4.78 is 5.03. The second kappa shape index (κ2) is 33.0. The number of carbonyl (C=O) groups is 2. The molecule has 41 heavy (non-hydrogen) atoms. The minimum Gasteiger partial charge on any atom is -0.393 e. The smallest absolute Gasteiger partial charge is 0.313 e. The molecule has 0 fully saturated rings. The summed E-state index contributed by atoms with van der Waals surface area (Å²) in [6.07, 6.45) is 36.3. The monoisotopic (exact) mass is 706 g/mol. The van der Waals surface area contributed by atoms with Crippen LogP contribution in [0.2, 0.25) is 0 Å².